The summed E-state index contributed by atoms with van der Waals surface area (Å²) in [5.41, 5.74) is 1.47. The number of fused-ring (bicyclic) bond motifs is 1. The van der Waals surface area contributed by atoms with E-state index in [1.165, 1.54) is 29.3 Å². The second-order valence-electron chi connectivity index (χ2n) is 4.96. The van der Waals surface area contributed by atoms with Gasteiger partial charge in [-0.1, -0.05) is 0 Å². The molecule has 0 spiro atoms. The zero-order valence-corrected chi connectivity index (χ0v) is 13.5. The molecule has 0 N–H and O–H groups in total. The minimum atomic E-state index is 0.484. The monoisotopic (exact) mass is 372 g/mol. The molecule has 3 rings (SSSR count). The SMILES string of the molecule is Br/C=C1/CO[C@@H]2CCC[C@H]([Se]c3ccccc3)[C@H]12. The van der Waals surface area contributed by atoms with Gasteiger partial charge in [-0.2, -0.15) is 0 Å². The van der Waals surface area contributed by atoms with Gasteiger partial charge < -0.3 is 0 Å². The normalized spacial score (nSPS) is 33.6. The average Bonchev–Trinajstić information content (AvgIpc) is 2.84. The summed E-state index contributed by atoms with van der Waals surface area (Å²) in [5, 5.41) is 0. The van der Waals surface area contributed by atoms with E-state index in [1.807, 2.05) is 0 Å². The van der Waals surface area contributed by atoms with Crippen LogP contribution in [-0.2, 0) is 4.74 Å². The van der Waals surface area contributed by atoms with Crippen molar-refractivity contribution in [1.82, 2.24) is 0 Å². The third-order valence-corrected chi connectivity index (χ3v) is 7.32. The van der Waals surface area contributed by atoms with Crippen LogP contribution in [0.15, 0.2) is 40.9 Å². The summed E-state index contributed by atoms with van der Waals surface area (Å²) in [6.07, 6.45) is 4.42. The number of hydrogen-bond donors (Lipinski definition) is 0. The molecule has 1 aromatic carbocycles. The van der Waals surface area contributed by atoms with Gasteiger partial charge in [-0.25, -0.2) is 0 Å². The zero-order valence-electron chi connectivity index (χ0n) is 10.2. The van der Waals surface area contributed by atoms with Crippen LogP contribution in [0, 0.1) is 5.92 Å². The minimum absolute atomic E-state index is 0.484. The van der Waals surface area contributed by atoms with Crippen molar-refractivity contribution in [2.75, 3.05) is 6.61 Å². The standard InChI is InChI=1S/C15H17BrOSe/c16-9-11-10-17-13-7-4-8-14(15(11)13)18-12-5-2-1-3-6-12/h1-3,5-6,9,13-15H,4,7-8,10H2/b11-9-/t13-,14+,15-/m1/s1. The van der Waals surface area contributed by atoms with Crippen LogP contribution in [0.25, 0.3) is 0 Å². The Hall–Kier alpha value is -0.0805. The molecule has 1 aromatic rings. The van der Waals surface area contributed by atoms with Crippen LogP contribution in [-0.4, -0.2) is 27.7 Å². The van der Waals surface area contributed by atoms with Gasteiger partial charge in [0.1, 0.15) is 0 Å². The predicted molar refractivity (Wildman–Crippen MR) is 79.7 cm³/mol. The van der Waals surface area contributed by atoms with Crippen molar-refractivity contribution in [1.29, 1.82) is 0 Å². The zero-order chi connectivity index (χ0) is 12.4. The van der Waals surface area contributed by atoms with Crippen LogP contribution in [0.3, 0.4) is 0 Å². The van der Waals surface area contributed by atoms with Crippen molar-refractivity contribution < 1.29 is 4.74 Å². The van der Waals surface area contributed by atoms with Crippen LogP contribution >= 0.6 is 15.9 Å². The van der Waals surface area contributed by atoms with Gasteiger partial charge in [0.05, 0.1) is 0 Å². The van der Waals surface area contributed by atoms with E-state index in [1.54, 1.807) is 0 Å². The molecule has 1 heterocycles. The average molecular weight is 372 g/mol. The van der Waals surface area contributed by atoms with Crippen molar-refractivity contribution >= 4 is 35.3 Å². The first-order valence-corrected chi connectivity index (χ1v) is 9.27. The van der Waals surface area contributed by atoms with Gasteiger partial charge in [-0.3, -0.25) is 0 Å². The van der Waals surface area contributed by atoms with Gasteiger partial charge in [0.25, 0.3) is 0 Å². The first kappa shape index (κ1) is 12.9. The molecule has 96 valence electrons. The van der Waals surface area contributed by atoms with Crippen molar-refractivity contribution in [3.8, 4) is 0 Å². The topological polar surface area (TPSA) is 9.23 Å². The summed E-state index contributed by atoms with van der Waals surface area (Å²) < 4.78 is 7.46. The summed E-state index contributed by atoms with van der Waals surface area (Å²) in [6.45, 7) is 0.835. The Kier molecular flexibility index (Phi) is 4.25. The molecule has 0 bridgehead atoms. The van der Waals surface area contributed by atoms with Crippen molar-refractivity contribution in [2.45, 2.75) is 30.2 Å². The van der Waals surface area contributed by atoms with Crippen molar-refractivity contribution in [3.63, 3.8) is 0 Å². The van der Waals surface area contributed by atoms with Gasteiger partial charge in [0, 0.05) is 0 Å². The Morgan fingerprint density at radius 2 is 2.06 bits per heavy atom. The van der Waals surface area contributed by atoms with Crippen LogP contribution in [0.2, 0.25) is 4.82 Å². The van der Waals surface area contributed by atoms with Crippen LogP contribution in [0.4, 0.5) is 0 Å². The summed E-state index contributed by atoms with van der Waals surface area (Å²) >= 11 is 4.09. The maximum atomic E-state index is 5.94. The molecule has 0 unspecified atom stereocenters. The van der Waals surface area contributed by atoms with E-state index >= 15 is 0 Å². The van der Waals surface area contributed by atoms with Gasteiger partial charge in [0.15, 0.2) is 0 Å². The van der Waals surface area contributed by atoms with Crippen molar-refractivity contribution in [2.24, 2.45) is 5.92 Å². The molecular weight excluding hydrogens is 355 g/mol. The number of hydrogen-bond acceptors (Lipinski definition) is 1. The molecule has 2 fully saturated rings. The van der Waals surface area contributed by atoms with E-state index in [4.69, 9.17) is 4.74 Å². The molecular formula is C15H17BrOSe. The second-order valence-corrected chi connectivity index (χ2v) is 8.17. The Morgan fingerprint density at radius 1 is 1.22 bits per heavy atom. The number of ether oxygens (including phenoxy) is 1. The van der Waals surface area contributed by atoms with E-state index < -0.39 is 0 Å². The van der Waals surface area contributed by atoms with Crippen LogP contribution in [0.5, 0.6) is 0 Å². The molecule has 0 aromatic heterocycles. The molecule has 18 heavy (non-hydrogen) atoms. The van der Waals surface area contributed by atoms with Crippen LogP contribution < -0.4 is 4.46 Å². The molecule has 1 aliphatic carbocycles. The second kappa shape index (κ2) is 5.92. The van der Waals surface area contributed by atoms with Gasteiger partial charge in [0.2, 0.25) is 0 Å². The Balaban J connectivity index is 1.78. The van der Waals surface area contributed by atoms with Gasteiger partial charge >= 0.3 is 124 Å². The molecule has 0 amide bonds. The van der Waals surface area contributed by atoms with Crippen molar-refractivity contribution in [3.05, 3.63) is 40.9 Å². The fourth-order valence-corrected chi connectivity index (χ4v) is 6.46. The number of halogens is 1. The molecule has 2 aliphatic rings. The summed E-state index contributed by atoms with van der Waals surface area (Å²) in [7, 11) is 0. The third kappa shape index (κ3) is 2.60. The Labute approximate surface area is 123 Å². The molecule has 3 heteroatoms. The van der Waals surface area contributed by atoms with E-state index in [9.17, 15) is 0 Å². The van der Waals surface area contributed by atoms with Gasteiger partial charge in [-0.05, 0) is 0 Å². The molecule has 1 saturated heterocycles. The Morgan fingerprint density at radius 3 is 2.83 bits per heavy atom. The number of benzene rings is 1. The van der Waals surface area contributed by atoms with E-state index in [-0.39, 0.29) is 0 Å². The third-order valence-electron chi connectivity index (χ3n) is 3.84. The molecule has 0 radical (unpaired) electrons. The van der Waals surface area contributed by atoms with E-state index in [0.717, 1.165) is 11.4 Å². The molecule has 1 aliphatic heterocycles. The van der Waals surface area contributed by atoms with E-state index in [2.05, 4.69) is 51.2 Å². The summed E-state index contributed by atoms with van der Waals surface area (Å²) in [5.74, 6) is 0.665. The maximum absolute atomic E-state index is 5.94. The molecule has 1 nitrogen and oxygen atoms in total. The first-order chi connectivity index (χ1) is 8.88. The summed E-state index contributed by atoms with van der Waals surface area (Å²) in [6, 6.07) is 11.0. The quantitative estimate of drug-likeness (QED) is 0.725. The fourth-order valence-electron chi connectivity index (χ4n) is 2.99. The van der Waals surface area contributed by atoms with Crippen LogP contribution in [0.1, 0.15) is 19.3 Å². The Bertz CT molecular complexity index is 431. The van der Waals surface area contributed by atoms with Gasteiger partial charge in [-0.15, -0.1) is 0 Å². The van der Waals surface area contributed by atoms with E-state index in [0.29, 0.717) is 27.0 Å². The molecule has 1 saturated carbocycles. The first-order valence-electron chi connectivity index (χ1n) is 6.51. The number of rotatable bonds is 2. The summed E-state index contributed by atoms with van der Waals surface area (Å²) in [4.78, 5) is 2.92. The fraction of sp³-hybridized carbons (Fsp3) is 0.467. The predicted octanol–water partition coefficient (Wildman–Crippen LogP) is 3.28. The molecule has 3 atom stereocenters.